The summed E-state index contributed by atoms with van der Waals surface area (Å²) in [7, 11) is 1.57. The van der Waals surface area contributed by atoms with Gasteiger partial charge in [-0.15, -0.1) is 0 Å². The van der Waals surface area contributed by atoms with E-state index in [1.54, 1.807) is 38.3 Å². The van der Waals surface area contributed by atoms with E-state index in [1.807, 2.05) is 48.5 Å². The Morgan fingerprint density at radius 1 is 1.12 bits per heavy atom. The first kappa shape index (κ1) is 25.9. The average molecular weight is 575 g/mol. The third-order valence-electron chi connectivity index (χ3n) is 6.56. The van der Waals surface area contributed by atoms with Crippen molar-refractivity contribution in [2.24, 2.45) is 4.99 Å². The minimum absolute atomic E-state index is 0.108. The number of carbonyl (C=O) groups excluding carboxylic acids is 1. The van der Waals surface area contributed by atoms with Crippen molar-refractivity contribution in [1.29, 1.82) is 0 Å². The van der Waals surface area contributed by atoms with Crippen molar-refractivity contribution in [1.82, 2.24) is 4.57 Å². The van der Waals surface area contributed by atoms with Gasteiger partial charge in [0.05, 0.1) is 40.6 Å². The van der Waals surface area contributed by atoms with Gasteiger partial charge in [-0.2, -0.15) is 0 Å². The first-order valence-electron chi connectivity index (χ1n) is 12.5. The Morgan fingerprint density at radius 2 is 1.90 bits per heavy atom. The van der Waals surface area contributed by atoms with Crippen molar-refractivity contribution >= 4 is 40.7 Å². The maximum Gasteiger partial charge on any atom is 0.338 e. The number of esters is 1. The average Bonchev–Trinajstić information content (AvgIpc) is 3.56. The van der Waals surface area contributed by atoms with Gasteiger partial charge in [-0.25, -0.2) is 9.79 Å². The Labute approximate surface area is 238 Å². The molecular formula is C30H23ClN2O6S. The molecule has 1 aromatic heterocycles. The molecule has 8 nitrogen and oxygen atoms in total. The zero-order chi connectivity index (χ0) is 27.8. The molecule has 0 aliphatic carbocycles. The summed E-state index contributed by atoms with van der Waals surface area (Å²) < 4.78 is 23.8. The molecule has 2 aliphatic heterocycles. The highest BCUT2D eigenvalue weighted by Gasteiger charge is 2.35. The lowest BCUT2D eigenvalue weighted by atomic mass is 9.93. The van der Waals surface area contributed by atoms with Gasteiger partial charge < -0.3 is 18.9 Å². The van der Waals surface area contributed by atoms with Crippen LogP contribution >= 0.6 is 22.9 Å². The van der Waals surface area contributed by atoms with E-state index in [1.165, 1.54) is 15.9 Å². The van der Waals surface area contributed by atoms with Crippen LogP contribution in [0.25, 0.3) is 11.8 Å². The number of hydrogen-bond acceptors (Lipinski definition) is 8. The second-order valence-corrected chi connectivity index (χ2v) is 10.4. The van der Waals surface area contributed by atoms with Crippen LogP contribution in [0, 0.1) is 0 Å². The summed E-state index contributed by atoms with van der Waals surface area (Å²) in [5, 5.41) is 0.414. The summed E-state index contributed by atoms with van der Waals surface area (Å²) in [6, 6.07) is 19.3. The van der Waals surface area contributed by atoms with Crippen molar-refractivity contribution < 1.29 is 23.7 Å². The van der Waals surface area contributed by atoms with Crippen molar-refractivity contribution in [2.75, 3.05) is 20.5 Å². The molecule has 0 bridgehead atoms. The summed E-state index contributed by atoms with van der Waals surface area (Å²) in [6.45, 7) is 2.02. The number of halogens is 1. The molecule has 0 radical (unpaired) electrons. The Morgan fingerprint density at radius 3 is 2.65 bits per heavy atom. The van der Waals surface area contributed by atoms with Gasteiger partial charge in [0.1, 0.15) is 5.75 Å². The van der Waals surface area contributed by atoms with Crippen LogP contribution in [0.15, 0.2) is 82.1 Å². The standard InChI is InChI=1S/C30H23ClN2O6S/c1-3-37-29(35)25-26(17-8-5-4-6-9-17)32-30-33(27(25)18-10-7-11-20(12-18)36-2)28(34)24(40-30)14-19-13-22-23(15-21(19)31)39-16-38-22/h4-15,27H,3,16H2,1-2H3/b24-14+. The third-order valence-corrected chi connectivity index (χ3v) is 7.87. The van der Waals surface area contributed by atoms with Gasteiger partial charge in [-0.05, 0) is 42.3 Å². The Balaban J connectivity index is 1.64. The van der Waals surface area contributed by atoms with E-state index >= 15 is 0 Å². The predicted molar refractivity (Wildman–Crippen MR) is 152 cm³/mol. The van der Waals surface area contributed by atoms with E-state index < -0.39 is 12.0 Å². The summed E-state index contributed by atoms with van der Waals surface area (Å²) in [4.78, 5) is 32.9. The predicted octanol–water partition coefficient (Wildman–Crippen LogP) is 4.33. The normalized spacial score (nSPS) is 16.0. The van der Waals surface area contributed by atoms with E-state index in [9.17, 15) is 9.59 Å². The Bertz CT molecular complexity index is 1840. The van der Waals surface area contributed by atoms with Gasteiger partial charge in [0, 0.05) is 11.6 Å². The quantitative estimate of drug-likeness (QED) is 0.319. The smallest absolute Gasteiger partial charge is 0.338 e. The molecule has 3 aromatic carbocycles. The number of ether oxygens (including phenoxy) is 4. The fraction of sp³-hybridized carbons (Fsp3) is 0.167. The minimum atomic E-state index is -0.810. The molecule has 6 rings (SSSR count). The van der Waals surface area contributed by atoms with E-state index in [0.717, 1.165) is 5.56 Å². The Kier molecular flexibility index (Phi) is 6.91. The maximum atomic E-state index is 14.0. The van der Waals surface area contributed by atoms with Gasteiger partial charge in [0.25, 0.3) is 5.56 Å². The number of carbonyl (C=O) groups is 1. The van der Waals surface area contributed by atoms with E-state index in [-0.39, 0.29) is 24.5 Å². The Hall–Kier alpha value is -4.34. The van der Waals surface area contributed by atoms with Crippen LogP contribution in [-0.4, -0.2) is 31.0 Å². The van der Waals surface area contributed by atoms with Crippen molar-refractivity contribution in [3.05, 3.63) is 114 Å². The molecule has 0 fully saturated rings. The number of benzene rings is 3. The van der Waals surface area contributed by atoms with Gasteiger partial charge in [0.2, 0.25) is 6.79 Å². The second-order valence-electron chi connectivity index (χ2n) is 8.94. The third kappa shape index (κ3) is 4.57. The fourth-order valence-electron chi connectivity index (χ4n) is 4.75. The van der Waals surface area contributed by atoms with Gasteiger partial charge in [-0.1, -0.05) is 65.4 Å². The van der Waals surface area contributed by atoms with E-state index in [0.29, 0.717) is 48.4 Å². The molecule has 40 heavy (non-hydrogen) atoms. The van der Waals surface area contributed by atoms with Crippen LogP contribution in [0.1, 0.15) is 29.7 Å². The lowest BCUT2D eigenvalue weighted by molar-refractivity contribution is -0.138. The molecule has 3 heterocycles. The van der Waals surface area contributed by atoms with Gasteiger partial charge in [-0.3, -0.25) is 9.36 Å². The first-order valence-corrected chi connectivity index (χ1v) is 13.7. The molecule has 0 saturated heterocycles. The van der Waals surface area contributed by atoms with E-state index in [4.69, 9.17) is 35.5 Å². The number of thiazole rings is 1. The topological polar surface area (TPSA) is 88.4 Å². The van der Waals surface area contributed by atoms with E-state index in [2.05, 4.69) is 0 Å². The number of fused-ring (bicyclic) bond motifs is 2. The lowest BCUT2D eigenvalue weighted by Crippen LogP contribution is -2.40. The van der Waals surface area contributed by atoms with Crippen LogP contribution in [-0.2, 0) is 9.53 Å². The van der Waals surface area contributed by atoms with Crippen LogP contribution in [0.2, 0.25) is 5.02 Å². The number of methoxy groups -OCH3 is 1. The molecule has 0 saturated carbocycles. The minimum Gasteiger partial charge on any atom is -0.497 e. The summed E-state index contributed by atoms with van der Waals surface area (Å²) in [6.07, 6.45) is 1.70. The van der Waals surface area contributed by atoms with Crippen LogP contribution < -0.4 is 29.1 Å². The van der Waals surface area contributed by atoms with Crippen molar-refractivity contribution in [2.45, 2.75) is 13.0 Å². The van der Waals surface area contributed by atoms with Crippen molar-refractivity contribution in [3.63, 3.8) is 0 Å². The number of rotatable bonds is 6. The number of hydrogen-bond donors (Lipinski definition) is 0. The van der Waals surface area contributed by atoms with Crippen molar-refractivity contribution in [3.8, 4) is 17.2 Å². The maximum absolute atomic E-state index is 14.0. The SMILES string of the molecule is CCOC(=O)C1=C(c2ccccc2)N=c2s/c(=C/c3cc4c(cc3Cl)OCO4)c(=O)n2C1c1cccc(OC)c1. The number of aromatic nitrogens is 1. The molecule has 0 amide bonds. The fourth-order valence-corrected chi connectivity index (χ4v) is 5.95. The molecule has 10 heteroatoms. The van der Waals surface area contributed by atoms with Gasteiger partial charge >= 0.3 is 5.97 Å². The van der Waals surface area contributed by atoms with Crippen LogP contribution in [0.5, 0.6) is 17.2 Å². The van der Waals surface area contributed by atoms with Crippen LogP contribution in [0.3, 0.4) is 0 Å². The highest BCUT2D eigenvalue weighted by molar-refractivity contribution is 7.07. The van der Waals surface area contributed by atoms with Gasteiger partial charge in [0.15, 0.2) is 16.3 Å². The highest BCUT2D eigenvalue weighted by Crippen LogP contribution is 2.38. The zero-order valence-electron chi connectivity index (χ0n) is 21.5. The summed E-state index contributed by atoms with van der Waals surface area (Å²) in [5.41, 5.74) is 2.40. The second kappa shape index (κ2) is 10.7. The lowest BCUT2D eigenvalue weighted by Gasteiger charge is -2.26. The molecule has 202 valence electrons. The molecule has 4 aromatic rings. The number of nitrogens with zero attached hydrogens (tertiary/aromatic N) is 2. The van der Waals surface area contributed by atoms with Crippen LogP contribution in [0.4, 0.5) is 0 Å². The summed E-state index contributed by atoms with van der Waals surface area (Å²) >= 11 is 7.73. The largest absolute Gasteiger partial charge is 0.497 e. The molecular weight excluding hydrogens is 552 g/mol. The highest BCUT2D eigenvalue weighted by atomic mass is 35.5. The summed E-state index contributed by atoms with van der Waals surface area (Å²) in [5.74, 6) is 1.14. The monoisotopic (exact) mass is 574 g/mol. The molecule has 1 unspecified atom stereocenters. The zero-order valence-corrected chi connectivity index (χ0v) is 23.1. The molecule has 0 N–H and O–H groups in total. The molecule has 2 aliphatic rings. The first-order chi connectivity index (χ1) is 19.5. The molecule has 1 atom stereocenters. The molecule has 0 spiro atoms.